The molecule has 4 heterocycles. The molecule has 1 spiro atoms. The number of nitrogens with zero attached hydrogens (tertiary/aromatic N) is 4. The van der Waals surface area contributed by atoms with E-state index in [1.54, 1.807) is 55.6 Å². The summed E-state index contributed by atoms with van der Waals surface area (Å²) in [4.78, 5) is 45.5. The fraction of sp³-hybridized carbons (Fsp3) is 0.167. The second kappa shape index (κ2) is 9.08. The molecule has 0 bridgehead atoms. The molecule has 1 atom stereocenters. The Hall–Kier alpha value is -4.35. The molecule has 2 aromatic heterocycles. The lowest BCUT2D eigenvalue weighted by molar-refractivity contribution is -0.121. The summed E-state index contributed by atoms with van der Waals surface area (Å²) in [5.74, 6) is -1.09. The molecule has 7 rings (SSSR count). The maximum absolute atomic E-state index is 14.3. The molecule has 0 fully saturated rings. The van der Waals surface area contributed by atoms with Crippen molar-refractivity contribution in [3.05, 3.63) is 110 Å². The van der Waals surface area contributed by atoms with Crippen molar-refractivity contribution >= 4 is 56.7 Å². The van der Waals surface area contributed by atoms with Crippen LogP contribution in [0.25, 0.3) is 11.0 Å². The fourth-order valence-corrected chi connectivity index (χ4v) is 7.45. The monoisotopic (exact) mass is 584 g/mol. The maximum atomic E-state index is 14.3. The number of hydrogen-bond donors (Lipinski definition) is 0. The van der Waals surface area contributed by atoms with Crippen LogP contribution in [0.5, 0.6) is 0 Å². The Bertz CT molecular complexity index is 1990. The number of carbonyl (C=O) groups is 2. The number of anilines is 2. The van der Waals surface area contributed by atoms with Crippen LogP contribution in [0, 0.1) is 19.7 Å². The van der Waals surface area contributed by atoms with Gasteiger partial charge in [0.1, 0.15) is 11.4 Å². The molecule has 2 aliphatic rings. The fourth-order valence-electron chi connectivity index (χ4n) is 5.60. The number of thioether (sulfide) groups is 1. The van der Waals surface area contributed by atoms with Gasteiger partial charge in [-0.2, -0.15) is 0 Å². The second-order valence-corrected chi connectivity index (χ2v) is 12.2. The molecule has 0 saturated heterocycles. The first-order valence-electron chi connectivity index (χ1n) is 12.7. The lowest BCUT2D eigenvalue weighted by Gasteiger charge is -2.31. The van der Waals surface area contributed by atoms with Crippen molar-refractivity contribution in [3.63, 3.8) is 0 Å². The molecule has 2 aliphatic heterocycles. The van der Waals surface area contributed by atoms with Crippen LogP contribution in [0.1, 0.15) is 38.4 Å². The van der Waals surface area contributed by atoms with Gasteiger partial charge in [0.25, 0.3) is 11.8 Å². The van der Waals surface area contributed by atoms with E-state index in [0.29, 0.717) is 26.7 Å². The smallest absolute Gasteiger partial charge is 0.297 e. The number of para-hydroxylation sites is 1. The first-order valence-corrected chi connectivity index (χ1v) is 14.5. The highest BCUT2D eigenvalue weighted by Crippen LogP contribution is 2.54. The highest BCUT2D eigenvalue weighted by molar-refractivity contribution is 8.00. The Labute approximate surface area is 241 Å². The predicted molar refractivity (Wildman–Crippen MR) is 155 cm³/mol. The Balaban J connectivity index is 1.43. The third-order valence-corrected chi connectivity index (χ3v) is 9.85. The van der Waals surface area contributed by atoms with Crippen molar-refractivity contribution in [1.82, 2.24) is 10.2 Å². The van der Waals surface area contributed by atoms with Crippen LogP contribution >= 0.6 is 23.1 Å². The molecule has 0 aliphatic carbocycles. The van der Waals surface area contributed by atoms with Gasteiger partial charge in [-0.3, -0.25) is 19.3 Å². The van der Waals surface area contributed by atoms with E-state index in [0.717, 1.165) is 28.0 Å². The minimum atomic E-state index is -1.80. The first kappa shape index (κ1) is 25.6. The zero-order valence-corrected chi connectivity index (χ0v) is 23.7. The van der Waals surface area contributed by atoms with Gasteiger partial charge >= 0.3 is 0 Å². The van der Waals surface area contributed by atoms with Gasteiger partial charge in [0.05, 0.1) is 10.9 Å². The van der Waals surface area contributed by atoms with Gasteiger partial charge in [-0.05, 0) is 60.9 Å². The SMILES string of the molecule is Cc1cc2oc3c(c(=O)c2cc1C)C1(C(=O)N(C)c2ccccc21)N(c1nnc(SCc2ccc(F)cc2)s1)C3=O. The van der Waals surface area contributed by atoms with E-state index < -0.39 is 22.8 Å². The van der Waals surface area contributed by atoms with Crippen molar-refractivity contribution in [1.29, 1.82) is 0 Å². The lowest BCUT2D eigenvalue weighted by atomic mass is 9.84. The molecule has 1 unspecified atom stereocenters. The highest BCUT2D eigenvalue weighted by atomic mass is 32.2. The number of amides is 2. The van der Waals surface area contributed by atoms with E-state index in [1.807, 2.05) is 13.8 Å². The molecular formula is C30H21FN4O4S2. The highest BCUT2D eigenvalue weighted by Gasteiger charge is 2.66. The molecule has 204 valence electrons. The minimum absolute atomic E-state index is 0.0178. The standard InChI is InChI=1S/C30H21FN4O4S2/c1-15-12-19-22(13-16(15)2)39-25-23(24(19)36)30(20-6-4-5-7-21(20)34(3)27(30)38)35(26(25)37)28-32-33-29(41-28)40-14-17-8-10-18(31)11-9-17/h4-13H,14H2,1-3H3. The van der Waals surface area contributed by atoms with E-state index in [4.69, 9.17) is 4.42 Å². The number of benzene rings is 3. The van der Waals surface area contributed by atoms with Gasteiger partial charge < -0.3 is 9.32 Å². The van der Waals surface area contributed by atoms with Gasteiger partial charge in [-0.25, -0.2) is 4.39 Å². The maximum Gasteiger partial charge on any atom is 0.297 e. The summed E-state index contributed by atoms with van der Waals surface area (Å²) in [6.45, 7) is 3.79. The minimum Gasteiger partial charge on any atom is -0.450 e. The predicted octanol–water partition coefficient (Wildman–Crippen LogP) is 5.57. The number of carbonyl (C=O) groups excluding carboxylic acids is 2. The number of hydrogen-bond acceptors (Lipinski definition) is 8. The number of fused-ring (bicyclic) bond motifs is 5. The normalized spacial score (nSPS) is 17.7. The van der Waals surface area contributed by atoms with Crippen LogP contribution < -0.4 is 15.2 Å². The zero-order valence-electron chi connectivity index (χ0n) is 22.1. The number of aryl methyl sites for hydroxylation is 2. The Kier molecular flexibility index (Phi) is 5.67. The molecule has 5 aromatic rings. The van der Waals surface area contributed by atoms with Gasteiger partial charge in [0.15, 0.2) is 15.3 Å². The average molecular weight is 585 g/mol. The Morgan fingerprint density at radius 3 is 2.51 bits per heavy atom. The van der Waals surface area contributed by atoms with Gasteiger partial charge in [0.2, 0.25) is 10.9 Å². The molecule has 11 heteroatoms. The molecule has 0 N–H and O–H groups in total. The van der Waals surface area contributed by atoms with Crippen molar-refractivity contribution in [2.24, 2.45) is 0 Å². The third kappa shape index (κ3) is 3.55. The second-order valence-electron chi connectivity index (χ2n) is 10.1. The van der Waals surface area contributed by atoms with E-state index in [-0.39, 0.29) is 27.9 Å². The van der Waals surface area contributed by atoms with Crippen LogP contribution in [0.4, 0.5) is 15.2 Å². The van der Waals surface area contributed by atoms with Gasteiger partial charge in [-0.1, -0.05) is 53.4 Å². The summed E-state index contributed by atoms with van der Waals surface area (Å²) in [6, 6.07) is 16.7. The molecule has 8 nitrogen and oxygen atoms in total. The van der Waals surface area contributed by atoms with Gasteiger partial charge in [-0.15, -0.1) is 10.2 Å². The summed E-state index contributed by atoms with van der Waals surface area (Å²) < 4.78 is 20.0. The number of likely N-dealkylation sites (N-methyl/N-ethyl adjacent to an activating group) is 1. The summed E-state index contributed by atoms with van der Waals surface area (Å²) in [6.07, 6.45) is 0. The van der Waals surface area contributed by atoms with Crippen molar-refractivity contribution in [3.8, 4) is 0 Å². The summed E-state index contributed by atoms with van der Waals surface area (Å²) in [5, 5.41) is 9.05. The summed E-state index contributed by atoms with van der Waals surface area (Å²) in [5.41, 5.74) is 1.79. The van der Waals surface area contributed by atoms with E-state index in [9.17, 15) is 18.8 Å². The quantitative estimate of drug-likeness (QED) is 0.201. The van der Waals surface area contributed by atoms with Gasteiger partial charge in [0, 0.05) is 24.1 Å². The van der Waals surface area contributed by atoms with Crippen LogP contribution in [0.2, 0.25) is 0 Å². The number of halogens is 1. The molecule has 0 saturated carbocycles. The van der Waals surface area contributed by atoms with E-state index in [2.05, 4.69) is 10.2 Å². The number of rotatable bonds is 4. The van der Waals surface area contributed by atoms with E-state index in [1.165, 1.54) is 33.7 Å². The Morgan fingerprint density at radius 1 is 1.00 bits per heavy atom. The third-order valence-electron chi connectivity index (χ3n) is 7.73. The van der Waals surface area contributed by atoms with Crippen LogP contribution in [0.3, 0.4) is 0 Å². The van der Waals surface area contributed by atoms with E-state index >= 15 is 0 Å². The molecule has 0 radical (unpaired) electrons. The molecular weight excluding hydrogens is 563 g/mol. The Morgan fingerprint density at radius 2 is 1.73 bits per heavy atom. The van der Waals surface area contributed by atoms with Crippen molar-refractivity contribution in [2.75, 3.05) is 16.8 Å². The van der Waals surface area contributed by atoms with Crippen molar-refractivity contribution in [2.45, 2.75) is 29.5 Å². The van der Waals surface area contributed by atoms with Crippen LogP contribution in [-0.2, 0) is 16.1 Å². The van der Waals surface area contributed by atoms with Crippen LogP contribution in [0.15, 0.2) is 74.2 Å². The summed E-state index contributed by atoms with van der Waals surface area (Å²) >= 11 is 2.51. The molecule has 2 amide bonds. The average Bonchev–Trinajstić information content (AvgIpc) is 3.59. The largest absolute Gasteiger partial charge is 0.450 e. The topological polar surface area (TPSA) is 96.6 Å². The molecule has 41 heavy (non-hydrogen) atoms. The lowest BCUT2D eigenvalue weighted by Crippen LogP contribution is -2.53. The molecule has 3 aromatic carbocycles. The van der Waals surface area contributed by atoms with Crippen LogP contribution in [-0.4, -0.2) is 29.1 Å². The van der Waals surface area contributed by atoms with Crippen molar-refractivity contribution < 1.29 is 18.4 Å². The number of aromatic nitrogens is 2. The zero-order chi connectivity index (χ0) is 28.6. The first-order chi connectivity index (χ1) is 19.7. The summed E-state index contributed by atoms with van der Waals surface area (Å²) in [7, 11) is 1.62.